The first-order chi connectivity index (χ1) is 12.7. The van der Waals surface area contributed by atoms with Crippen molar-refractivity contribution >= 4 is 29.9 Å². The summed E-state index contributed by atoms with van der Waals surface area (Å²) in [4.78, 5) is 10.7. The van der Waals surface area contributed by atoms with Gasteiger partial charge >= 0.3 is 0 Å². The Morgan fingerprint density at radius 3 is 2.85 bits per heavy atom. The van der Waals surface area contributed by atoms with Crippen molar-refractivity contribution < 1.29 is 0 Å². The zero-order valence-corrected chi connectivity index (χ0v) is 18.8. The van der Waals surface area contributed by atoms with Gasteiger partial charge in [-0.1, -0.05) is 6.42 Å². The molecule has 0 spiro atoms. The van der Waals surface area contributed by atoms with Crippen molar-refractivity contribution in [3.63, 3.8) is 0 Å². The Morgan fingerprint density at radius 2 is 2.11 bits per heavy atom. The van der Waals surface area contributed by atoms with Gasteiger partial charge in [0.1, 0.15) is 23.8 Å². The summed E-state index contributed by atoms with van der Waals surface area (Å²) in [6, 6.07) is 0. The summed E-state index contributed by atoms with van der Waals surface area (Å²) in [6.07, 6.45) is 8.31. The Labute approximate surface area is 177 Å². The maximum atomic E-state index is 4.40. The van der Waals surface area contributed by atoms with Crippen LogP contribution < -0.4 is 5.32 Å². The van der Waals surface area contributed by atoms with Gasteiger partial charge in [0.2, 0.25) is 0 Å². The van der Waals surface area contributed by atoms with Gasteiger partial charge in [-0.05, 0) is 19.3 Å². The van der Waals surface area contributed by atoms with E-state index in [4.69, 9.17) is 0 Å². The molecule has 27 heavy (non-hydrogen) atoms. The third-order valence-electron chi connectivity index (χ3n) is 4.80. The molecule has 3 heterocycles. The number of guanidine groups is 1. The van der Waals surface area contributed by atoms with Crippen LogP contribution in [-0.4, -0.2) is 61.0 Å². The second-order valence-electron chi connectivity index (χ2n) is 6.73. The van der Waals surface area contributed by atoms with Crippen LogP contribution in [0.3, 0.4) is 0 Å². The molecule has 0 unspecified atom stereocenters. The van der Waals surface area contributed by atoms with Gasteiger partial charge < -0.3 is 14.8 Å². The SMILES string of the molecule is CN=C(NCCCc1nnc2n1CCCCC2)N(C)Cc1ncnn1C.I. The van der Waals surface area contributed by atoms with Crippen molar-refractivity contribution in [2.24, 2.45) is 12.0 Å². The van der Waals surface area contributed by atoms with Crippen molar-refractivity contribution in [2.45, 2.75) is 51.6 Å². The zero-order valence-electron chi connectivity index (χ0n) is 16.4. The Kier molecular flexibility index (Phi) is 8.45. The summed E-state index contributed by atoms with van der Waals surface area (Å²) in [5, 5.41) is 16.3. The normalized spacial score (nSPS) is 14.3. The number of aryl methyl sites for hydroxylation is 3. The fourth-order valence-corrected chi connectivity index (χ4v) is 3.31. The molecule has 0 amide bonds. The Bertz CT molecular complexity index is 737. The van der Waals surface area contributed by atoms with E-state index < -0.39 is 0 Å². The number of hydrogen-bond acceptors (Lipinski definition) is 5. The lowest BCUT2D eigenvalue weighted by Gasteiger charge is -2.21. The molecular formula is C17H30IN9. The standard InChI is InChI=1S/C17H29N9.HI/c1-18-17(24(2)12-16-20-13-21-25(16)3)19-10-7-9-15-23-22-14-8-5-4-6-11-26(14)15;/h13H,4-12H2,1-3H3,(H,18,19);1H. The van der Waals surface area contributed by atoms with Crippen LogP contribution in [0.25, 0.3) is 0 Å². The van der Waals surface area contributed by atoms with Gasteiger partial charge in [0.15, 0.2) is 5.96 Å². The number of halogens is 1. The van der Waals surface area contributed by atoms with Crippen LogP contribution in [0.5, 0.6) is 0 Å². The van der Waals surface area contributed by atoms with Crippen molar-refractivity contribution in [1.29, 1.82) is 0 Å². The Morgan fingerprint density at radius 1 is 1.26 bits per heavy atom. The molecule has 150 valence electrons. The van der Waals surface area contributed by atoms with Gasteiger partial charge in [0.25, 0.3) is 0 Å². The lowest BCUT2D eigenvalue weighted by Crippen LogP contribution is -2.39. The first kappa shape index (κ1) is 21.6. The van der Waals surface area contributed by atoms with Crippen LogP contribution in [-0.2, 0) is 33.0 Å². The van der Waals surface area contributed by atoms with Crippen LogP contribution in [0.4, 0.5) is 0 Å². The number of rotatable bonds is 6. The van der Waals surface area contributed by atoms with Crippen LogP contribution >= 0.6 is 24.0 Å². The second kappa shape index (κ2) is 10.6. The lowest BCUT2D eigenvalue weighted by atomic mass is 10.2. The molecule has 0 fully saturated rings. The quantitative estimate of drug-likeness (QED) is 0.287. The maximum absolute atomic E-state index is 4.40. The van der Waals surface area contributed by atoms with Crippen molar-refractivity contribution in [3.8, 4) is 0 Å². The summed E-state index contributed by atoms with van der Waals surface area (Å²) in [6.45, 7) is 2.57. The molecule has 0 radical (unpaired) electrons. The summed E-state index contributed by atoms with van der Waals surface area (Å²) in [5.41, 5.74) is 0. The van der Waals surface area contributed by atoms with Crippen molar-refractivity contribution in [3.05, 3.63) is 23.8 Å². The zero-order chi connectivity index (χ0) is 18.4. The Hall–Kier alpha value is -1.72. The number of fused-ring (bicyclic) bond motifs is 1. The highest BCUT2D eigenvalue weighted by Crippen LogP contribution is 2.15. The van der Waals surface area contributed by atoms with E-state index in [0.29, 0.717) is 6.54 Å². The minimum absolute atomic E-state index is 0. The predicted octanol–water partition coefficient (Wildman–Crippen LogP) is 1.39. The fraction of sp³-hybridized carbons (Fsp3) is 0.706. The maximum Gasteiger partial charge on any atom is 0.193 e. The van der Waals surface area contributed by atoms with E-state index >= 15 is 0 Å². The van der Waals surface area contributed by atoms with E-state index in [2.05, 4.69) is 35.2 Å². The van der Waals surface area contributed by atoms with E-state index in [1.807, 2.05) is 19.0 Å². The van der Waals surface area contributed by atoms with E-state index in [-0.39, 0.29) is 24.0 Å². The first-order valence-corrected chi connectivity index (χ1v) is 9.34. The molecular weight excluding hydrogens is 457 g/mol. The van der Waals surface area contributed by atoms with Gasteiger partial charge in [-0.3, -0.25) is 9.67 Å². The molecule has 0 aromatic carbocycles. The molecule has 10 heteroatoms. The molecule has 1 aliphatic heterocycles. The fourth-order valence-electron chi connectivity index (χ4n) is 3.31. The van der Waals surface area contributed by atoms with Crippen LogP contribution in [0.2, 0.25) is 0 Å². The van der Waals surface area contributed by atoms with E-state index in [9.17, 15) is 0 Å². The molecule has 9 nitrogen and oxygen atoms in total. The number of aliphatic imine (C=N–C) groups is 1. The minimum atomic E-state index is 0. The number of hydrogen-bond donors (Lipinski definition) is 1. The predicted molar refractivity (Wildman–Crippen MR) is 115 cm³/mol. The van der Waals surface area contributed by atoms with Gasteiger partial charge in [-0.15, -0.1) is 34.2 Å². The molecule has 3 rings (SSSR count). The largest absolute Gasteiger partial charge is 0.356 e. The monoisotopic (exact) mass is 487 g/mol. The third kappa shape index (κ3) is 5.63. The Balaban J connectivity index is 0.00000261. The van der Waals surface area contributed by atoms with Gasteiger partial charge in [-0.2, -0.15) is 5.10 Å². The average Bonchev–Trinajstić information content (AvgIpc) is 3.13. The molecule has 1 aliphatic rings. The van der Waals surface area contributed by atoms with Gasteiger partial charge in [0.05, 0.1) is 6.54 Å². The molecule has 2 aromatic rings. The van der Waals surface area contributed by atoms with Crippen LogP contribution in [0.1, 0.15) is 43.2 Å². The van der Waals surface area contributed by atoms with Gasteiger partial charge in [0, 0.05) is 47.1 Å². The molecule has 2 aromatic heterocycles. The summed E-state index contributed by atoms with van der Waals surface area (Å²) in [7, 11) is 5.70. The highest BCUT2D eigenvalue weighted by atomic mass is 127. The second-order valence-corrected chi connectivity index (χ2v) is 6.73. The molecule has 1 N–H and O–H groups in total. The first-order valence-electron chi connectivity index (χ1n) is 9.34. The van der Waals surface area contributed by atoms with E-state index in [1.165, 1.54) is 19.3 Å². The van der Waals surface area contributed by atoms with E-state index in [0.717, 1.165) is 55.8 Å². The van der Waals surface area contributed by atoms with Gasteiger partial charge in [-0.25, -0.2) is 4.98 Å². The average molecular weight is 487 g/mol. The van der Waals surface area contributed by atoms with Crippen LogP contribution in [0, 0.1) is 0 Å². The molecule has 0 saturated carbocycles. The number of aromatic nitrogens is 6. The highest BCUT2D eigenvalue weighted by molar-refractivity contribution is 14.0. The number of nitrogens with zero attached hydrogens (tertiary/aromatic N) is 8. The van der Waals surface area contributed by atoms with Crippen molar-refractivity contribution in [2.75, 3.05) is 20.6 Å². The summed E-state index contributed by atoms with van der Waals surface area (Å²) >= 11 is 0. The topological polar surface area (TPSA) is 89.1 Å². The molecule has 0 bridgehead atoms. The number of nitrogens with one attached hydrogen (secondary N) is 1. The third-order valence-corrected chi connectivity index (χ3v) is 4.80. The molecule has 0 saturated heterocycles. The highest BCUT2D eigenvalue weighted by Gasteiger charge is 2.14. The van der Waals surface area contributed by atoms with Crippen LogP contribution in [0.15, 0.2) is 11.3 Å². The molecule has 0 aliphatic carbocycles. The lowest BCUT2D eigenvalue weighted by molar-refractivity contribution is 0.447. The van der Waals surface area contributed by atoms with Crippen molar-refractivity contribution in [1.82, 2.24) is 39.7 Å². The smallest absolute Gasteiger partial charge is 0.193 e. The van der Waals surface area contributed by atoms with E-state index in [1.54, 1.807) is 18.1 Å². The summed E-state index contributed by atoms with van der Waals surface area (Å²) in [5.74, 6) is 4.03. The minimum Gasteiger partial charge on any atom is -0.356 e. The summed E-state index contributed by atoms with van der Waals surface area (Å²) < 4.78 is 4.10. The molecule has 0 atom stereocenters.